The number of aromatic amines is 1. The molecule has 0 radical (unpaired) electrons. The van der Waals surface area contributed by atoms with Gasteiger partial charge in [0.15, 0.2) is 6.29 Å². The lowest BCUT2D eigenvalue weighted by atomic mass is 10.1. The van der Waals surface area contributed by atoms with E-state index >= 15 is 0 Å². The molecule has 0 atom stereocenters. The second kappa shape index (κ2) is 3.42. The zero-order valence-corrected chi connectivity index (χ0v) is 9.05. The lowest BCUT2D eigenvalue weighted by Crippen LogP contribution is -1.87. The van der Waals surface area contributed by atoms with E-state index in [0.29, 0.717) is 11.4 Å². The third kappa shape index (κ3) is 1.40. The molecule has 0 unspecified atom stereocenters. The number of rotatable bonds is 2. The zero-order chi connectivity index (χ0) is 11.0. The second-order valence-electron chi connectivity index (χ2n) is 3.69. The number of aryl methyl sites for hydroxylation is 2. The Morgan fingerprint density at radius 2 is 2.07 bits per heavy atom. The van der Waals surface area contributed by atoms with Crippen LogP contribution < -0.4 is 4.74 Å². The number of hydrogen-bond donors (Lipinski definition) is 1. The molecule has 0 saturated heterocycles. The number of benzene rings is 1. The molecule has 0 spiro atoms. The van der Waals surface area contributed by atoms with E-state index in [1.54, 1.807) is 7.11 Å². The maximum atomic E-state index is 11.0. The minimum atomic E-state index is 0.536. The van der Waals surface area contributed by atoms with E-state index in [4.69, 9.17) is 4.74 Å². The molecule has 1 heterocycles. The quantitative estimate of drug-likeness (QED) is 0.762. The first kappa shape index (κ1) is 9.77. The minimum absolute atomic E-state index is 0.536. The van der Waals surface area contributed by atoms with Gasteiger partial charge in [-0.2, -0.15) is 0 Å². The molecule has 2 rings (SSSR count). The van der Waals surface area contributed by atoms with Crippen LogP contribution in [0, 0.1) is 13.8 Å². The Morgan fingerprint density at radius 1 is 1.33 bits per heavy atom. The maximum absolute atomic E-state index is 11.0. The molecule has 15 heavy (non-hydrogen) atoms. The summed E-state index contributed by atoms with van der Waals surface area (Å²) >= 11 is 0. The van der Waals surface area contributed by atoms with Crippen LogP contribution in [0.2, 0.25) is 0 Å². The minimum Gasteiger partial charge on any atom is -0.482 e. The summed E-state index contributed by atoms with van der Waals surface area (Å²) in [6.45, 7) is 4.02. The number of aldehydes is 1. The number of carbonyl (C=O) groups is 1. The summed E-state index contributed by atoms with van der Waals surface area (Å²) in [4.78, 5) is 14.1. The van der Waals surface area contributed by atoms with Crippen LogP contribution in [-0.2, 0) is 0 Å². The number of aromatic nitrogens is 1. The van der Waals surface area contributed by atoms with Gasteiger partial charge in [-0.15, -0.1) is 0 Å². The first-order chi connectivity index (χ1) is 7.17. The molecular formula is C12H13NO2. The molecular weight excluding hydrogens is 190 g/mol. The molecule has 1 aromatic heterocycles. The fourth-order valence-corrected chi connectivity index (χ4v) is 2.00. The molecule has 0 aliphatic rings. The number of methoxy groups -OCH3 is 1. The Hall–Kier alpha value is -1.77. The summed E-state index contributed by atoms with van der Waals surface area (Å²) in [5.74, 6) is 0.536. The van der Waals surface area contributed by atoms with Crippen LogP contribution in [0.1, 0.15) is 21.5 Å². The number of H-pyrrole nitrogens is 1. The topological polar surface area (TPSA) is 42.1 Å². The third-order valence-corrected chi connectivity index (χ3v) is 2.56. The smallest absolute Gasteiger partial charge is 0.202 e. The molecule has 0 saturated carbocycles. The Bertz CT molecular complexity index is 526. The molecule has 2 aromatic rings. The highest BCUT2D eigenvalue weighted by molar-refractivity contribution is 6.02. The molecule has 78 valence electrons. The van der Waals surface area contributed by atoms with Crippen molar-refractivity contribution in [2.75, 3.05) is 7.11 Å². The molecule has 0 fully saturated rings. The van der Waals surface area contributed by atoms with E-state index in [1.807, 2.05) is 19.9 Å². The van der Waals surface area contributed by atoms with Gasteiger partial charge in [0.25, 0.3) is 0 Å². The summed E-state index contributed by atoms with van der Waals surface area (Å²) in [5, 5.41) is 0.951. The van der Waals surface area contributed by atoms with E-state index in [1.165, 1.54) is 5.56 Å². The number of hydrogen-bond acceptors (Lipinski definition) is 2. The van der Waals surface area contributed by atoms with Crippen molar-refractivity contribution in [3.8, 4) is 5.88 Å². The van der Waals surface area contributed by atoms with Crippen molar-refractivity contribution in [2.45, 2.75) is 13.8 Å². The van der Waals surface area contributed by atoms with Crippen molar-refractivity contribution < 1.29 is 9.53 Å². The maximum Gasteiger partial charge on any atom is 0.202 e. The Balaban J connectivity index is 2.88. The summed E-state index contributed by atoms with van der Waals surface area (Å²) in [7, 11) is 1.56. The normalized spacial score (nSPS) is 10.6. The van der Waals surface area contributed by atoms with E-state index in [9.17, 15) is 4.79 Å². The fraction of sp³-hybridized carbons (Fsp3) is 0.250. The SMILES string of the molecule is COc1[nH]c2cc(C)cc(C)c2c1C=O. The Kier molecular flexibility index (Phi) is 2.23. The van der Waals surface area contributed by atoms with Gasteiger partial charge in [-0.3, -0.25) is 4.79 Å². The monoisotopic (exact) mass is 203 g/mol. The molecule has 0 aliphatic heterocycles. The summed E-state index contributed by atoms with van der Waals surface area (Å²) < 4.78 is 5.13. The number of nitrogens with one attached hydrogen (secondary N) is 1. The fourth-order valence-electron chi connectivity index (χ4n) is 2.00. The van der Waals surface area contributed by atoms with Crippen molar-refractivity contribution in [1.82, 2.24) is 4.98 Å². The predicted molar refractivity (Wildman–Crippen MR) is 59.7 cm³/mol. The molecule has 3 nitrogen and oxygen atoms in total. The van der Waals surface area contributed by atoms with Crippen LogP contribution >= 0.6 is 0 Å². The largest absolute Gasteiger partial charge is 0.482 e. The van der Waals surface area contributed by atoms with Gasteiger partial charge in [0.2, 0.25) is 5.88 Å². The second-order valence-corrected chi connectivity index (χ2v) is 3.69. The van der Waals surface area contributed by atoms with Gasteiger partial charge in [0.1, 0.15) is 0 Å². The predicted octanol–water partition coefficient (Wildman–Crippen LogP) is 2.61. The number of carbonyl (C=O) groups excluding carboxylic acids is 1. The van der Waals surface area contributed by atoms with Crippen molar-refractivity contribution in [3.63, 3.8) is 0 Å². The van der Waals surface area contributed by atoms with Gasteiger partial charge in [0, 0.05) is 10.9 Å². The van der Waals surface area contributed by atoms with E-state index < -0.39 is 0 Å². The van der Waals surface area contributed by atoms with Crippen molar-refractivity contribution >= 4 is 17.2 Å². The first-order valence-corrected chi connectivity index (χ1v) is 4.79. The van der Waals surface area contributed by atoms with Crippen molar-refractivity contribution in [3.05, 3.63) is 28.8 Å². The average Bonchev–Trinajstić information content (AvgIpc) is 2.55. The Morgan fingerprint density at radius 3 is 2.67 bits per heavy atom. The lowest BCUT2D eigenvalue weighted by Gasteiger charge is -1.99. The van der Waals surface area contributed by atoms with E-state index in [0.717, 1.165) is 22.8 Å². The van der Waals surface area contributed by atoms with Crippen molar-refractivity contribution in [1.29, 1.82) is 0 Å². The standard InChI is InChI=1S/C12H13NO2/c1-7-4-8(2)11-9(6-14)12(15-3)13-10(11)5-7/h4-6,13H,1-3H3. The highest BCUT2D eigenvalue weighted by Gasteiger charge is 2.13. The van der Waals surface area contributed by atoms with E-state index in [-0.39, 0.29) is 0 Å². The van der Waals surface area contributed by atoms with E-state index in [2.05, 4.69) is 11.1 Å². The summed E-state index contributed by atoms with van der Waals surface area (Å²) in [5.41, 5.74) is 3.81. The van der Waals surface area contributed by atoms with Crippen molar-refractivity contribution in [2.24, 2.45) is 0 Å². The van der Waals surface area contributed by atoms with Crippen LogP contribution in [0.15, 0.2) is 12.1 Å². The van der Waals surface area contributed by atoms with Gasteiger partial charge in [-0.05, 0) is 31.0 Å². The lowest BCUT2D eigenvalue weighted by molar-refractivity contribution is 0.112. The third-order valence-electron chi connectivity index (χ3n) is 2.56. The zero-order valence-electron chi connectivity index (χ0n) is 9.05. The summed E-state index contributed by atoms with van der Waals surface area (Å²) in [6.07, 6.45) is 0.833. The van der Waals surface area contributed by atoms with Crippen LogP contribution in [0.4, 0.5) is 0 Å². The van der Waals surface area contributed by atoms with Crippen LogP contribution in [-0.4, -0.2) is 18.4 Å². The number of fused-ring (bicyclic) bond motifs is 1. The molecule has 3 heteroatoms. The first-order valence-electron chi connectivity index (χ1n) is 4.79. The van der Waals surface area contributed by atoms with Gasteiger partial charge >= 0.3 is 0 Å². The molecule has 1 N–H and O–H groups in total. The molecule has 0 aliphatic carbocycles. The number of ether oxygens (including phenoxy) is 1. The Labute approximate surface area is 88.1 Å². The van der Waals surface area contributed by atoms with Gasteiger partial charge in [-0.25, -0.2) is 0 Å². The van der Waals surface area contributed by atoms with Gasteiger partial charge in [-0.1, -0.05) is 6.07 Å². The molecule has 0 amide bonds. The van der Waals surface area contributed by atoms with Crippen LogP contribution in [0.3, 0.4) is 0 Å². The van der Waals surface area contributed by atoms with Gasteiger partial charge < -0.3 is 9.72 Å². The van der Waals surface area contributed by atoms with Gasteiger partial charge in [0.05, 0.1) is 12.7 Å². The van der Waals surface area contributed by atoms with Crippen LogP contribution in [0.5, 0.6) is 5.88 Å². The summed E-state index contributed by atoms with van der Waals surface area (Å²) in [6, 6.07) is 4.07. The molecule has 0 bridgehead atoms. The van der Waals surface area contributed by atoms with Crippen LogP contribution in [0.25, 0.3) is 10.9 Å². The average molecular weight is 203 g/mol. The molecule has 1 aromatic carbocycles. The highest BCUT2D eigenvalue weighted by Crippen LogP contribution is 2.29. The highest BCUT2D eigenvalue weighted by atomic mass is 16.5.